The molecule has 0 fully saturated rings. The van der Waals surface area contributed by atoms with Crippen molar-refractivity contribution >= 4 is 17.6 Å². The Bertz CT molecular complexity index is 658. The molecule has 0 bridgehead atoms. The lowest BCUT2D eigenvalue weighted by Crippen LogP contribution is -2.24. The second-order valence-electron chi connectivity index (χ2n) is 4.63. The fourth-order valence-corrected chi connectivity index (χ4v) is 1.96. The van der Waals surface area contributed by atoms with E-state index in [2.05, 4.69) is 9.72 Å². The summed E-state index contributed by atoms with van der Waals surface area (Å²) in [4.78, 5) is 15.4. The van der Waals surface area contributed by atoms with Crippen molar-refractivity contribution in [2.24, 2.45) is 0 Å². The van der Waals surface area contributed by atoms with Crippen LogP contribution in [-0.4, -0.2) is 24.2 Å². The molecule has 1 heterocycles. The van der Waals surface area contributed by atoms with Crippen LogP contribution in [0.5, 0.6) is 17.4 Å². The smallest absolute Gasteiger partial charge is 0.346 e. The molecule has 0 saturated heterocycles. The molecule has 0 N–H and O–H groups in total. The molecule has 0 amide bonds. The van der Waals surface area contributed by atoms with Crippen LogP contribution in [0.3, 0.4) is 0 Å². The molecule has 0 aliphatic heterocycles. The minimum absolute atomic E-state index is 0.429. The average Bonchev–Trinajstić information content (AvgIpc) is 2.51. The van der Waals surface area contributed by atoms with Gasteiger partial charge >= 0.3 is 5.97 Å². The molecule has 22 heavy (non-hydrogen) atoms. The number of carbonyl (C=O) groups excluding carboxylic acids is 1. The Kier molecular flexibility index (Phi) is 5.22. The van der Waals surface area contributed by atoms with Gasteiger partial charge < -0.3 is 14.2 Å². The lowest BCUT2D eigenvalue weighted by atomic mass is 10.3. The number of nitrogens with zero attached hydrogens (tertiary/aromatic N) is 1. The van der Waals surface area contributed by atoms with Gasteiger partial charge in [0.2, 0.25) is 5.88 Å². The summed E-state index contributed by atoms with van der Waals surface area (Å²) in [6.07, 6.45) is 0.858. The zero-order valence-electron chi connectivity index (χ0n) is 12.5. The van der Waals surface area contributed by atoms with Crippen LogP contribution < -0.4 is 9.47 Å². The van der Waals surface area contributed by atoms with E-state index in [4.69, 9.17) is 21.1 Å². The number of ether oxygens (including phenoxy) is 3. The van der Waals surface area contributed by atoms with Crippen LogP contribution in [0.2, 0.25) is 5.02 Å². The van der Waals surface area contributed by atoms with Gasteiger partial charge in [0, 0.05) is 11.8 Å². The van der Waals surface area contributed by atoms with E-state index in [1.807, 2.05) is 6.92 Å². The number of rotatable bonds is 5. The van der Waals surface area contributed by atoms with Gasteiger partial charge in [-0.05, 0) is 44.2 Å². The monoisotopic (exact) mass is 321 g/mol. The molecule has 1 aromatic carbocycles. The number of carbonyl (C=O) groups is 1. The third-order valence-electron chi connectivity index (χ3n) is 2.88. The molecule has 1 aromatic heterocycles. The van der Waals surface area contributed by atoms with Gasteiger partial charge in [-0.2, -0.15) is 0 Å². The highest BCUT2D eigenvalue weighted by Gasteiger charge is 2.14. The van der Waals surface area contributed by atoms with E-state index in [-0.39, 0.29) is 0 Å². The zero-order chi connectivity index (χ0) is 16.1. The molecule has 1 unspecified atom stereocenters. The van der Waals surface area contributed by atoms with Crippen LogP contribution in [-0.2, 0) is 9.53 Å². The summed E-state index contributed by atoms with van der Waals surface area (Å²) in [6, 6.07) is 8.66. The lowest BCUT2D eigenvalue weighted by Gasteiger charge is -2.13. The Morgan fingerprint density at radius 3 is 2.45 bits per heavy atom. The minimum Gasteiger partial charge on any atom is -0.479 e. The molecule has 5 nitrogen and oxygen atoms in total. The summed E-state index contributed by atoms with van der Waals surface area (Å²) in [5, 5.41) is 0.561. The number of esters is 1. The summed E-state index contributed by atoms with van der Waals surface area (Å²) >= 11 is 5.85. The van der Waals surface area contributed by atoms with Crippen LogP contribution in [0.15, 0.2) is 36.5 Å². The van der Waals surface area contributed by atoms with Gasteiger partial charge in [-0.1, -0.05) is 11.6 Å². The van der Waals surface area contributed by atoms with E-state index >= 15 is 0 Å². The molecule has 116 valence electrons. The molecular weight excluding hydrogens is 306 g/mol. The lowest BCUT2D eigenvalue weighted by molar-refractivity contribution is -0.147. The van der Waals surface area contributed by atoms with Gasteiger partial charge in [0.15, 0.2) is 6.10 Å². The third-order valence-corrected chi connectivity index (χ3v) is 3.09. The number of halogens is 1. The van der Waals surface area contributed by atoms with E-state index in [1.54, 1.807) is 37.3 Å². The number of hydrogen-bond acceptors (Lipinski definition) is 5. The summed E-state index contributed by atoms with van der Waals surface area (Å²) < 4.78 is 15.7. The van der Waals surface area contributed by atoms with Gasteiger partial charge in [0.1, 0.15) is 11.5 Å². The van der Waals surface area contributed by atoms with Crippen molar-refractivity contribution in [1.82, 2.24) is 4.98 Å². The standard InChI is InChI=1S/C16H16ClNO4/c1-10-8-12(17)9-18-15(10)22-14-6-4-13(5-7-14)21-11(2)16(19)20-3/h4-9,11H,1-3H3. The number of pyridine rings is 1. The van der Waals surface area contributed by atoms with Crippen LogP contribution in [0.4, 0.5) is 0 Å². The normalized spacial score (nSPS) is 11.6. The van der Waals surface area contributed by atoms with Crippen LogP contribution >= 0.6 is 11.6 Å². The van der Waals surface area contributed by atoms with Crippen molar-refractivity contribution in [2.75, 3.05) is 7.11 Å². The highest BCUT2D eigenvalue weighted by Crippen LogP contribution is 2.26. The largest absolute Gasteiger partial charge is 0.479 e. The SMILES string of the molecule is COC(=O)C(C)Oc1ccc(Oc2ncc(Cl)cc2C)cc1. The van der Waals surface area contributed by atoms with Crippen molar-refractivity contribution in [1.29, 1.82) is 0 Å². The fourth-order valence-electron chi connectivity index (χ4n) is 1.75. The van der Waals surface area contributed by atoms with Crippen molar-refractivity contribution < 1.29 is 19.0 Å². The van der Waals surface area contributed by atoms with Crippen molar-refractivity contribution in [3.8, 4) is 17.4 Å². The van der Waals surface area contributed by atoms with Crippen LogP contribution in [0.1, 0.15) is 12.5 Å². The summed E-state index contributed by atoms with van der Waals surface area (Å²) in [5.74, 6) is 1.21. The van der Waals surface area contributed by atoms with Gasteiger partial charge in [-0.25, -0.2) is 9.78 Å². The molecule has 1 atom stereocenters. The molecule has 6 heteroatoms. The summed E-state index contributed by atoms with van der Waals surface area (Å²) in [6.45, 7) is 3.49. The Morgan fingerprint density at radius 1 is 1.23 bits per heavy atom. The maximum Gasteiger partial charge on any atom is 0.346 e. The van der Waals surface area contributed by atoms with Gasteiger partial charge in [0.25, 0.3) is 0 Å². The molecule has 0 radical (unpaired) electrons. The van der Waals surface area contributed by atoms with Crippen molar-refractivity contribution in [3.05, 3.63) is 47.1 Å². The predicted molar refractivity (Wildman–Crippen MR) is 82.6 cm³/mol. The van der Waals surface area contributed by atoms with E-state index in [0.717, 1.165) is 5.56 Å². The first-order valence-electron chi connectivity index (χ1n) is 6.64. The molecule has 0 saturated carbocycles. The number of methoxy groups -OCH3 is 1. The van der Waals surface area contributed by atoms with E-state index in [0.29, 0.717) is 22.4 Å². The highest BCUT2D eigenvalue weighted by molar-refractivity contribution is 6.30. The molecule has 2 rings (SSSR count). The second-order valence-corrected chi connectivity index (χ2v) is 5.07. The fraction of sp³-hybridized carbons (Fsp3) is 0.250. The topological polar surface area (TPSA) is 57.7 Å². The van der Waals surface area contributed by atoms with Crippen molar-refractivity contribution in [3.63, 3.8) is 0 Å². The quantitative estimate of drug-likeness (QED) is 0.784. The van der Waals surface area contributed by atoms with Crippen LogP contribution in [0.25, 0.3) is 0 Å². The van der Waals surface area contributed by atoms with E-state index in [9.17, 15) is 4.79 Å². The Hall–Kier alpha value is -2.27. The van der Waals surface area contributed by atoms with E-state index in [1.165, 1.54) is 13.3 Å². The zero-order valence-corrected chi connectivity index (χ0v) is 13.3. The van der Waals surface area contributed by atoms with Gasteiger partial charge in [0.05, 0.1) is 12.1 Å². The molecule has 0 aliphatic carbocycles. The van der Waals surface area contributed by atoms with Gasteiger partial charge in [-0.15, -0.1) is 0 Å². The Labute approximate surface area is 133 Å². The Balaban J connectivity index is 2.04. The number of aromatic nitrogens is 1. The Morgan fingerprint density at radius 2 is 1.86 bits per heavy atom. The first kappa shape index (κ1) is 16.1. The molecule has 2 aromatic rings. The predicted octanol–water partition coefficient (Wildman–Crippen LogP) is 3.78. The number of benzene rings is 1. The van der Waals surface area contributed by atoms with Crippen molar-refractivity contribution in [2.45, 2.75) is 20.0 Å². The third kappa shape index (κ3) is 4.11. The van der Waals surface area contributed by atoms with Crippen LogP contribution in [0, 0.1) is 6.92 Å². The maximum absolute atomic E-state index is 11.3. The first-order chi connectivity index (χ1) is 10.5. The summed E-state index contributed by atoms with van der Waals surface area (Å²) in [7, 11) is 1.32. The van der Waals surface area contributed by atoms with Gasteiger partial charge in [-0.3, -0.25) is 0 Å². The minimum atomic E-state index is -0.669. The maximum atomic E-state index is 11.3. The first-order valence-corrected chi connectivity index (χ1v) is 7.02. The molecular formula is C16H16ClNO4. The number of hydrogen-bond donors (Lipinski definition) is 0. The second kappa shape index (κ2) is 7.13. The average molecular weight is 322 g/mol. The molecule has 0 spiro atoms. The highest BCUT2D eigenvalue weighted by atomic mass is 35.5. The number of aryl methyl sites for hydroxylation is 1. The summed E-state index contributed by atoms with van der Waals surface area (Å²) in [5.41, 5.74) is 0.840. The van der Waals surface area contributed by atoms with E-state index < -0.39 is 12.1 Å². The molecule has 0 aliphatic rings.